The minimum absolute atomic E-state index is 0.0964. The van der Waals surface area contributed by atoms with Crippen molar-refractivity contribution in [2.24, 2.45) is 0 Å². The molecular weight excluding hydrogens is 346 g/mol. The number of anilines is 2. The third-order valence-electron chi connectivity index (χ3n) is 3.48. The molecule has 27 heavy (non-hydrogen) atoms. The number of esters is 1. The molecule has 1 amide bonds. The van der Waals surface area contributed by atoms with Crippen molar-refractivity contribution in [1.29, 1.82) is 5.26 Å². The second-order valence-corrected chi connectivity index (χ2v) is 5.29. The second kappa shape index (κ2) is 9.63. The topological polar surface area (TPSA) is 100 Å². The average molecular weight is 365 g/mol. The van der Waals surface area contributed by atoms with E-state index in [0.29, 0.717) is 29.3 Å². The molecule has 0 heterocycles. The van der Waals surface area contributed by atoms with E-state index < -0.39 is 11.9 Å². The largest absolute Gasteiger partial charge is 0.494 e. The van der Waals surface area contributed by atoms with Gasteiger partial charge in [0.1, 0.15) is 17.4 Å². The van der Waals surface area contributed by atoms with Crippen LogP contribution in [0.25, 0.3) is 0 Å². The number of methoxy groups -OCH3 is 1. The molecule has 0 atom stereocenters. The summed E-state index contributed by atoms with van der Waals surface area (Å²) in [5.41, 5.74) is 1.47. The molecule has 7 nitrogen and oxygen atoms in total. The van der Waals surface area contributed by atoms with Gasteiger partial charge in [-0.1, -0.05) is 0 Å². The standard InChI is InChI=1S/C20H19N3O4/c1-3-27-18-10-8-17(9-11-18)23-19(24)15(12-21)13-22-16-6-4-14(5-7-16)20(25)26-2/h4-11,13,22H,3H2,1-2H3,(H,23,24)/b15-13-. The zero-order chi connectivity index (χ0) is 19.6. The number of nitrogens with zero attached hydrogens (tertiary/aromatic N) is 1. The Balaban J connectivity index is 2.01. The lowest BCUT2D eigenvalue weighted by atomic mass is 10.2. The lowest BCUT2D eigenvalue weighted by Crippen LogP contribution is -2.14. The fourth-order valence-electron chi connectivity index (χ4n) is 2.12. The van der Waals surface area contributed by atoms with Gasteiger partial charge in [-0.05, 0) is 55.5 Å². The number of amides is 1. The van der Waals surface area contributed by atoms with E-state index in [1.807, 2.05) is 13.0 Å². The average Bonchev–Trinajstić information content (AvgIpc) is 2.70. The molecule has 0 bridgehead atoms. The van der Waals surface area contributed by atoms with Gasteiger partial charge in [0.05, 0.1) is 19.3 Å². The molecular formula is C20H19N3O4. The molecule has 2 aromatic rings. The molecule has 0 aromatic heterocycles. The lowest BCUT2D eigenvalue weighted by molar-refractivity contribution is -0.112. The molecule has 0 aliphatic carbocycles. The molecule has 0 saturated heterocycles. The van der Waals surface area contributed by atoms with Gasteiger partial charge in [0.25, 0.3) is 5.91 Å². The Kier molecular flexibility index (Phi) is 6.97. The van der Waals surface area contributed by atoms with Crippen molar-refractivity contribution >= 4 is 23.3 Å². The van der Waals surface area contributed by atoms with Crippen molar-refractivity contribution in [2.45, 2.75) is 6.92 Å². The SMILES string of the molecule is CCOc1ccc(NC(=O)/C(C#N)=C\Nc2ccc(C(=O)OC)cc2)cc1. The third kappa shape index (κ3) is 5.61. The van der Waals surface area contributed by atoms with Crippen LogP contribution in [-0.2, 0) is 9.53 Å². The monoisotopic (exact) mass is 365 g/mol. The minimum atomic E-state index is -0.541. The van der Waals surface area contributed by atoms with Crippen LogP contribution in [0.4, 0.5) is 11.4 Å². The summed E-state index contributed by atoms with van der Waals surface area (Å²) in [7, 11) is 1.30. The van der Waals surface area contributed by atoms with Gasteiger partial charge >= 0.3 is 5.97 Å². The van der Waals surface area contributed by atoms with Crippen molar-refractivity contribution in [3.05, 3.63) is 65.9 Å². The first-order chi connectivity index (χ1) is 13.1. The Hall–Kier alpha value is -3.79. The molecule has 0 aliphatic heterocycles. The van der Waals surface area contributed by atoms with Crippen LogP contribution in [0.1, 0.15) is 17.3 Å². The van der Waals surface area contributed by atoms with Gasteiger partial charge in [0.2, 0.25) is 0 Å². The van der Waals surface area contributed by atoms with Crippen molar-refractivity contribution < 1.29 is 19.1 Å². The Morgan fingerprint density at radius 2 is 1.70 bits per heavy atom. The number of nitrogens with one attached hydrogen (secondary N) is 2. The first kappa shape index (κ1) is 19.5. The summed E-state index contributed by atoms with van der Waals surface area (Å²) < 4.78 is 9.96. The van der Waals surface area contributed by atoms with Crippen LogP contribution < -0.4 is 15.4 Å². The molecule has 2 N–H and O–H groups in total. The molecule has 138 valence electrons. The zero-order valence-electron chi connectivity index (χ0n) is 15.0. The molecule has 2 rings (SSSR count). The number of rotatable bonds is 7. The number of nitriles is 1. The number of carbonyl (C=O) groups excluding carboxylic acids is 2. The summed E-state index contributed by atoms with van der Waals surface area (Å²) in [6.45, 7) is 2.44. The summed E-state index contributed by atoms with van der Waals surface area (Å²) in [6, 6.07) is 15.1. The number of benzene rings is 2. The van der Waals surface area contributed by atoms with E-state index in [9.17, 15) is 14.9 Å². The van der Waals surface area contributed by atoms with E-state index in [1.54, 1.807) is 48.5 Å². The van der Waals surface area contributed by atoms with Crippen molar-refractivity contribution in [3.63, 3.8) is 0 Å². The summed E-state index contributed by atoms with van der Waals surface area (Å²) in [6.07, 6.45) is 1.30. The van der Waals surface area contributed by atoms with Gasteiger partial charge in [0, 0.05) is 17.6 Å². The van der Waals surface area contributed by atoms with Gasteiger partial charge in [-0.25, -0.2) is 4.79 Å². The van der Waals surface area contributed by atoms with Crippen molar-refractivity contribution in [2.75, 3.05) is 24.4 Å². The minimum Gasteiger partial charge on any atom is -0.494 e. The molecule has 0 aliphatic rings. The van der Waals surface area contributed by atoms with E-state index in [4.69, 9.17) is 4.74 Å². The van der Waals surface area contributed by atoms with E-state index in [1.165, 1.54) is 13.3 Å². The first-order valence-corrected chi connectivity index (χ1v) is 8.16. The fourth-order valence-corrected chi connectivity index (χ4v) is 2.12. The predicted octanol–water partition coefficient (Wildman–Crippen LogP) is 3.33. The van der Waals surface area contributed by atoms with Crippen LogP contribution in [0.2, 0.25) is 0 Å². The molecule has 0 fully saturated rings. The maximum Gasteiger partial charge on any atom is 0.337 e. The Morgan fingerprint density at radius 1 is 1.07 bits per heavy atom. The maximum atomic E-state index is 12.2. The van der Waals surface area contributed by atoms with E-state index in [-0.39, 0.29) is 5.57 Å². The van der Waals surface area contributed by atoms with Gasteiger partial charge in [-0.15, -0.1) is 0 Å². The lowest BCUT2D eigenvalue weighted by Gasteiger charge is -2.07. The highest BCUT2D eigenvalue weighted by Crippen LogP contribution is 2.16. The van der Waals surface area contributed by atoms with Crippen LogP contribution in [0.15, 0.2) is 60.3 Å². The summed E-state index contributed by atoms with van der Waals surface area (Å²) in [5, 5.41) is 14.7. The van der Waals surface area contributed by atoms with E-state index in [0.717, 1.165) is 0 Å². The van der Waals surface area contributed by atoms with Gasteiger partial charge in [-0.2, -0.15) is 5.26 Å². The van der Waals surface area contributed by atoms with Crippen LogP contribution in [0, 0.1) is 11.3 Å². The highest BCUT2D eigenvalue weighted by molar-refractivity contribution is 6.06. The van der Waals surface area contributed by atoms with Crippen LogP contribution in [-0.4, -0.2) is 25.6 Å². The Bertz CT molecular complexity index is 866. The molecule has 0 spiro atoms. The number of carbonyl (C=O) groups is 2. The highest BCUT2D eigenvalue weighted by atomic mass is 16.5. The maximum absolute atomic E-state index is 12.2. The molecule has 0 unspecified atom stereocenters. The second-order valence-electron chi connectivity index (χ2n) is 5.29. The van der Waals surface area contributed by atoms with Crippen molar-refractivity contribution in [1.82, 2.24) is 0 Å². The summed E-state index contributed by atoms with van der Waals surface area (Å²) in [5.74, 6) is -0.284. The molecule has 2 aromatic carbocycles. The Morgan fingerprint density at radius 3 is 2.26 bits per heavy atom. The number of ether oxygens (including phenoxy) is 2. The quantitative estimate of drug-likeness (QED) is 0.443. The highest BCUT2D eigenvalue weighted by Gasteiger charge is 2.10. The fraction of sp³-hybridized carbons (Fsp3) is 0.150. The van der Waals surface area contributed by atoms with E-state index >= 15 is 0 Å². The van der Waals surface area contributed by atoms with Gasteiger partial charge < -0.3 is 20.1 Å². The summed E-state index contributed by atoms with van der Waals surface area (Å²) >= 11 is 0. The van der Waals surface area contributed by atoms with Crippen LogP contribution >= 0.6 is 0 Å². The van der Waals surface area contributed by atoms with E-state index in [2.05, 4.69) is 15.4 Å². The van der Waals surface area contributed by atoms with Gasteiger partial charge in [0.15, 0.2) is 0 Å². The molecule has 7 heteroatoms. The normalized spacial score (nSPS) is 10.5. The molecule has 0 saturated carbocycles. The van der Waals surface area contributed by atoms with Crippen LogP contribution in [0.3, 0.4) is 0 Å². The smallest absolute Gasteiger partial charge is 0.337 e. The number of hydrogen-bond donors (Lipinski definition) is 2. The predicted molar refractivity (Wildman–Crippen MR) is 101 cm³/mol. The molecule has 0 radical (unpaired) electrons. The Labute approximate surface area is 157 Å². The third-order valence-corrected chi connectivity index (χ3v) is 3.48. The summed E-state index contributed by atoms with van der Waals surface area (Å²) in [4.78, 5) is 23.6. The van der Waals surface area contributed by atoms with Crippen LogP contribution in [0.5, 0.6) is 5.75 Å². The first-order valence-electron chi connectivity index (χ1n) is 8.16. The van der Waals surface area contributed by atoms with Gasteiger partial charge in [-0.3, -0.25) is 4.79 Å². The zero-order valence-corrected chi connectivity index (χ0v) is 15.0. The number of hydrogen-bond acceptors (Lipinski definition) is 6. The van der Waals surface area contributed by atoms with Crippen molar-refractivity contribution in [3.8, 4) is 11.8 Å².